The fourth-order valence-corrected chi connectivity index (χ4v) is 4.01. The summed E-state index contributed by atoms with van der Waals surface area (Å²) in [4.78, 5) is 31.5. The van der Waals surface area contributed by atoms with Crippen LogP contribution in [0.25, 0.3) is 0 Å². The molecule has 0 bridgehead atoms. The summed E-state index contributed by atoms with van der Waals surface area (Å²) < 4.78 is 0. The highest BCUT2D eigenvalue weighted by molar-refractivity contribution is 5.81. The van der Waals surface area contributed by atoms with Crippen LogP contribution in [0.3, 0.4) is 0 Å². The zero-order chi connectivity index (χ0) is 19.4. The van der Waals surface area contributed by atoms with E-state index in [2.05, 4.69) is 31.1 Å². The smallest absolute Gasteiger partial charge is 0.225 e. The number of piperidine rings is 1. The number of carbonyl (C=O) groups is 2. The third-order valence-corrected chi connectivity index (χ3v) is 5.85. The summed E-state index contributed by atoms with van der Waals surface area (Å²) in [7, 11) is 0. The highest BCUT2D eigenvalue weighted by Crippen LogP contribution is 2.32. The summed E-state index contributed by atoms with van der Waals surface area (Å²) in [5.74, 6) is 0.664. The minimum atomic E-state index is -0.0270. The number of likely N-dealkylation sites (tertiary alicyclic amines) is 1. The van der Waals surface area contributed by atoms with E-state index in [1.807, 2.05) is 23.2 Å². The van der Waals surface area contributed by atoms with Gasteiger partial charge in [-0.3, -0.25) is 14.6 Å². The molecule has 1 aromatic rings. The molecule has 5 heteroatoms. The first-order valence-corrected chi connectivity index (χ1v) is 10.3. The largest absolute Gasteiger partial charge is 0.349 e. The van der Waals surface area contributed by atoms with Gasteiger partial charge in [-0.15, -0.1) is 0 Å². The molecule has 148 valence electrons. The van der Waals surface area contributed by atoms with E-state index >= 15 is 0 Å². The van der Waals surface area contributed by atoms with Crippen LogP contribution in [0.5, 0.6) is 0 Å². The lowest BCUT2D eigenvalue weighted by atomic mass is 9.83. The number of nitrogens with zero attached hydrogens (tertiary/aromatic N) is 2. The molecule has 0 aromatic carbocycles. The Morgan fingerprint density at radius 2 is 1.89 bits per heavy atom. The molecule has 1 saturated carbocycles. The number of hydrogen-bond acceptors (Lipinski definition) is 3. The Morgan fingerprint density at radius 1 is 1.19 bits per heavy atom. The minimum Gasteiger partial charge on any atom is -0.349 e. The Hall–Kier alpha value is -1.91. The molecule has 1 aliphatic heterocycles. The van der Waals surface area contributed by atoms with Gasteiger partial charge in [0, 0.05) is 37.3 Å². The lowest BCUT2D eigenvalue weighted by Crippen LogP contribution is -2.46. The maximum absolute atomic E-state index is 12.9. The minimum absolute atomic E-state index is 0.00502. The molecule has 1 saturated heterocycles. The summed E-state index contributed by atoms with van der Waals surface area (Å²) in [5.41, 5.74) is 1.16. The molecule has 1 aromatic heterocycles. The van der Waals surface area contributed by atoms with Crippen molar-refractivity contribution in [2.45, 2.75) is 65.3 Å². The van der Waals surface area contributed by atoms with Gasteiger partial charge in [0.25, 0.3) is 0 Å². The summed E-state index contributed by atoms with van der Waals surface area (Å²) in [6, 6.07) is 3.92. The van der Waals surface area contributed by atoms with Crippen LogP contribution in [-0.2, 0) is 9.59 Å². The topological polar surface area (TPSA) is 62.3 Å². The predicted octanol–water partition coefficient (Wildman–Crippen LogP) is 3.71. The molecule has 2 amide bonds. The van der Waals surface area contributed by atoms with Crippen molar-refractivity contribution in [1.29, 1.82) is 0 Å². The second-order valence-electron chi connectivity index (χ2n) is 9.34. The molecule has 1 N–H and O–H groups in total. The number of hydrogen-bond donors (Lipinski definition) is 1. The van der Waals surface area contributed by atoms with Crippen molar-refractivity contribution in [3.63, 3.8) is 0 Å². The molecule has 1 aliphatic carbocycles. The zero-order valence-corrected chi connectivity index (χ0v) is 16.9. The van der Waals surface area contributed by atoms with Crippen molar-refractivity contribution in [3.8, 4) is 0 Å². The Labute approximate surface area is 162 Å². The summed E-state index contributed by atoms with van der Waals surface area (Å²) in [5, 5.41) is 3.27. The first kappa shape index (κ1) is 19.8. The first-order chi connectivity index (χ1) is 12.8. The van der Waals surface area contributed by atoms with E-state index in [1.165, 1.54) is 6.42 Å². The van der Waals surface area contributed by atoms with Crippen LogP contribution in [0.4, 0.5) is 0 Å². The standard InChI is InChI=1S/C22H33N3O2/c1-22(2,3)14-19(18-8-5-11-23-15-18)24-20(26)16-9-12-25(13-10-16)21(27)17-6-4-7-17/h5,8,11,15-17,19H,4,6-7,9-10,12-14H2,1-3H3,(H,24,26)/t19-/m0/s1. The number of aromatic nitrogens is 1. The SMILES string of the molecule is CC(C)(C)C[C@H](NC(=O)C1CCN(C(=O)C2CCC2)CC1)c1cccnc1. The second kappa shape index (κ2) is 8.41. The van der Waals surface area contributed by atoms with Crippen molar-refractivity contribution < 1.29 is 9.59 Å². The molecule has 0 unspecified atom stereocenters. The fraction of sp³-hybridized carbons (Fsp3) is 0.682. The molecule has 27 heavy (non-hydrogen) atoms. The van der Waals surface area contributed by atoms with Crippen molar-refractivity contribution in [3.05, 3.63) is 30.1 Å². The van der Waals surface area contributed by atoms with Gasteiger partial charge in [-0.25, -0.2) is 0 Å². The Morgan fingerprint density at radius 3 is 2.41 bits per heavy atom. The molecule has 1 atom stereocenters. The Kier molecular flexibility index (Phi) is 6.18. The van der Waals surface area contributed by atoms with Gasteiger partial charge in [0.2, 0.25) is 11.8 Å². The molecule has 5 nitrogen and oxygen atoms in total. The average Bonchev–Trinajstić information content (AvgIpc) is 2.59. The van der Waals surface area contributed by atoms with Gasteiger partial charge in [0.15, 0.2) is 0 Å². The molecule has 0 radical (unpaired) electrons. The fourth-order valence-electron chi connectivity index (χ4n) is 4.01. The van der Waals surface area contributed by atoms with Crippen LogP contribution >= 0.6 is 0 Å². The monoisotopic (exact) mass is 371 g/mol. The molecular formula is C22H33N3O2. The van der Waals surface area contributed by atoms with Crippen molar-refractivity contribution in [1.82, 2.24) is 15.2 Å². The highest BCUT2D eigenvalue weighted by Gasteiger charge is 2.34. The number of pyridine rings is 1. The van der Waals surface area contributed by atoms with Gasteiger partial charge >= 0.3 is 0 Å². The van der Waals surface area contributed by atoms with Gasteiger partial charge in [-0.2, -0.15) is 0 Å². The van der Waals surface area contributed by atoms with Crippen LogP contribution < -0.4 is 5.32 Å². The van der Waals surface area contributed by atoms with E-state index in [9.17, 15) is 9.59 Å². The van der Waals surface area contributed by atoms with Crippen LogP contribution in [0, 0.1) is 17.3 Å². The van der Waals surface area contributed by atoms with Crippen molar-refractivity contribution in [2.75, 3.05) is 13.1 Å². The lowest BCUT2D eigenvalue weighted by Gasteiger charge is -2.36. The van der Waals surface area contributed by atoms with Gasteiger partial charge in [-0.1, -0.05) is 33.3 Å². The molecule has 2 heterocycles. The maximum Gasteiger partial charge on any atom is 0.225 e. The number of rotatable bonds is 5. The highest BCUT2D eigenvalue weighted by atomic mass is 16.2. The van der Waals surface area contributed by atoms with E-state index in [0.717, 1.165) is 37.7 Å². The normalized spacial score (nSPS) is 20.0. The third kappa shape index (κ3) is 5.30. The average molecular weight is 372 g/mol. The van der Waals surface area contributed by atoms with E-state index in [-0.39, 0.29) is 29.2 Å². The zero-order valence-electron chi connectivity index (χ0n) is 16.9. The molecule has 0 spiro atoms. The molecule has 2 aliphatic rings. The quantitative estimate of drug-likeness (QED) is 0.858. The van der Waals surface area contributed by atoms with Crippen molar-refractivity contribution >= 4 is 11.8 Å². The van der Waals surface area contributed by atoms with Gasteiger partial charge in [-0.05, 0) is 49.1 Å². The number of carbonyl (C=O) groups excluding carboxylic acids is 2. The van der Waals surface area contributed by atoms with Gasteiger partial charge in [0.1, 0.15) is 0 Å². The third-order valence-electron chi connectivity index (χ3n) is 5.85. The summed E-state index contributed by atoms with van der Waals surface area (Å²) in [6.07, 6.45) is 9.25. The van der Waals surface area contributed by atoms with Gasteiger partial charge < -0.3 is 10.2 Å². The molecule has 3 rings (SSSR count). The van der Waals surface area contributed by atoms with Crippen molar-refractivity contribution in [2.24, 2.45) is 17.3 Å². The first-order valence-electron chi connectivity index (χ1n) is 10.3. The number of amides is 2. The maximum atomic E-state index is 12.9. The summed E-state index contributed by atoms with van der Waals surface area (Å²) in [6.45, 7) is 7.99. The molecular weight excluding hydrogens is 338 g/mol. The second-order valence-corrected chi connectivity index (χ2v) is 9.34. The Bertz CT molecular complexity index is 641. The van der Waals surface area contributed by atoms with Crippen LogP contribution in [0.2, 0.25) is 0 Å². The predicted molar refractivity (Wildman–Crippen MR) is 106 cm³/mol. The van der Waals surface area contributed by atoms with Crippen LogP contribution in [0.1, 0.15) is 70.9 Å². The molecule has 2 fully saturated rings. The van der Waals surface area contributed by atoms with E-state index in [4.69, 9.17) is 0 Å². The summed E-state index contributed by atoms with van der Waals surface area (Å²) >= 11 is 0. The number of nitrogens with one attached hydrogen (secondary N) is 1. The van der Waals surface area contributed by atoms with E-state index in [1.54, 1.807) is 6.20 Å². The van der Waals surface area contributed by atoms with E-state index in [0.29, 0.717) is 19.0 Å². The lowest BCUT2D eigenvalue weighted by molar-refractivity contribution is -0.141. The van der Waals surface area contributed by atoms with E-state index < -0.39 is 0 Å². The van der Waals surface area contributed by atoms with Crippen LogP contribution in [0.15, 0.2) is 24.5 Å². The Balaban J connectivity index is 1.57. The van der Waals surface area contributed by atoms with Crippen LogP contribution in [-0.4, -0.2) is 34.8 Å². The van der Waals surface area contributed by atoms with Gasteiger partial charge in [0.05, 0.1) is 6.04 Å².